The van der Waals surface area contributed by atoms with Crippen molar-refractivity contribution in [3.05, 3.63) is 71.8 Å². The van der Waals surface area contributed by atoms with Crippen molar-refractivity contribution in [2.75, 3.05) is 27.8 Å². The topological polar surface area (TPSA) is 36.9 Å². The van der Waals surface area contributed by atoms with Crippen molar-refractivity contribution in [2.24, 2.45) is 0 Å². The summed E-state index contributed by atoms with van der Waals surface area (Å²) >= 11 is 12.8. The predicted molar refractivity (Wildman–Crippen MR) is 131 cm³/mol. The summed E-state index contributed by atoms with van der Waals surface area (Å²) in [7, 11) is 3.19. The van der Waals surface area contributed by atoms with E-state index in [1.54, 1.807) is 14.2 Å². The number of rotatable bonds is 9. The Morgan fingerprint density at radius 3 is 1.41 bits per heavy atom. The molecule has 0 aliphatic rings. The van der Waals surface area contributed by atoms with Gasteiger partial charge in [-0.3, -0.25) is 0 Å². The third-order valence-electron chi connectivity index (χ3n) is 5.34. The molecule has 0 amide bonds. The van der Waals surface area contributed by atoms with Gasteiger partial charge in [0.15, 0.2) is 13.6 Å². The Labute approximate surface area is 197 Å². The van der Waals surface area contributed by atoms with Crippen LogP contribution in [0.25, 0.3) is 32.7 Å². The van der Waals surface area contributed by atoms with Crippen molar-refractivity contribution in [3.8, 4) is 22.6 Å². The average Bonchev–Trinajstić information content (AvgIpc) is 2.84. The Hall–Kier alpha value is -2.50. The molecule has 0 aliphatic heterocycles. The molecule has 4 rings (SSSR count). The monoisotopic (exact) mass is 470 g/mol. The van der Waals surface area contributed by atoms with Gasteiger partial charge in [0.2, 0.25) is 0 Å². The molecule has 0 atom stereocenters. The molecule has 0 saturated carbocycles. The number of benzene rings is 4. The summed E-state index contributed by atoms with van der Waals surface area (Å²) in [6.45, 7) is 0.188. The highest BCUT2D eigenvalue weighted by Crippen LogP contribution is 2.49. The standard InChI is InChI=1S/C26H24Cl2O4/c1-29-15-31-25-19(13-27)11-17-7-3-5-9-21(17)23(25)24-22-10-6-4-8-18(22)12-20(14-28)26(24)32-16-30-2/h3-12H,13-16H2,1-2H3. The molecule has 4 aromatic carbocycles. The zero-order valence-corrected chi connectivity index (χ0v) is 19.5. The van der Waals surface area contributed by atoms with E-state index in [1.165, 1.54) is 0 Å². The number of hydrogen-bond acceptors (Lipinski definition) is 4. The first-order chi connectivity index (χ1) is 15.7. The largest absolute Gasteiger partial charge is 0.467 e. The minimum Gasteiger partial charge on any atom is -0.467 e. The SMILES string of the molecule is COCOc1c(CCl)cc2ccccc2c1-c1c(OCOC)c(CCl)cc2ccccc12. The lowest BCUT2D eigenvalue weighted by Crippen LogP contribution is -2.07. The van der Waals surface area contributed by atoms with Crippen LogP contribution in [-0.2, 0) is 21.2 Å². The molecular formula is C26H24Cl2O4. The van der Waals surface area contributed by atoms with E-state index in [0.717, 1.165) is 43.8 Å². The molecule has 0 aliphatic carbocycles. The molecule has 6 heteroatoms. The molecular weight excluding hydrogens is 447 g/mol. The highest BCUT2D eigenvalue weighted by molar-refractivity contribution is 6.19. The number of ether oxygens (including phenoxy) is 4. The van der Waals surface area contributed by atoms with E-state index >= 15 is 0 Å². The molecule has 0 heterocycles. The Morgan fingerprint density at radius 1 is 0.625 bits per heavy atom. The Kier molecular flexibility index (Phi) is 7.38. The van der Waals surface area contributed by atoms with E-state index in [1.807, 2.05) is 24.3 Å². The van der Waals surface area contributed by atoms with E-state index in [4.69, 9.17) is 42.1 Å². The molecule has 32 heavy (non-hydrogen) atoms. The third-order valence-corrected chi connectivity index (χ3v) is 5.91. The number of hydrogen-bond donors (Lipinski definition) is 0. The minimum atomic E-state index is 0.0939. The van der Waals surface area contributed by atoms with Crippen LogP contribution in [0.1, 0.15) is 11.1 Å². The lowest BCUT2D eigenvalue weighted by Gasteiger charge is -2.23. The predicted octanol–water partition coefficient (Wildman–Crippen LogP) is 7.10. The normalized spacial score (nSPS) is 11.2. The molecule has 0 N–H and O–H groups in total. The van der Waals surface area contributed by atoms with Crippen LogP contribution < -0.4 is 9.47 Å². The van der Waals surface area contributed by atoms with Gasteiger partial charge in [-0.1, -0.05) is 48.5 Å². The first-order valence-corrected chi connectivity index (χ1v) is 11.2. The zero-order valence-electron chi connectivity index (χ0n) is 18.0. The van der Waals surface area contributed by atoms with Crippen molar-refractivity contribution < 1.29 is 18.9 Å². The fourth-order valence-electron chi connectivity index (χ4n) is 4.03. The van der Waals surface area contributed by atoms with E-state index in [2.05, 4.69) is 36.4 Å². The van der Waals surface area contributed by atoms with Gasteiger partial charge in [0, 0.05) is 36.5 Å². The quantitative estimate of drug-likeness (QED) is 0.193. The lowest BCUT2D eigenvalue weighted by atomic mass is 9.89. The summed E-state index contributed by atoms with van der Waals surface area (Å²) in [6.07, 6.45) is 0. The van der Waals surface area contributed by atoms with Gasteiger partial charge >= 0.3 is 0 Å². The van der Waals surface area contributed by atoms with Crippen LogP contribution in [0.5, 0.6) is 11.5 Å². The van der Waals surface area contributed by atoms with Gasteiger partial charge in [0.1, 0.15) is 11.5 Å². The maximum Gasteiger partial charge on any atom is 0.188 e. The number of halogens is 2. The van der Waals surface area contributed by atoms with Crippen LogP contribution in [0.2, 0.25) is 0 Å². The van der Waals surface area contributed by atoms with Crippen LogP contribution in [0.3, 0.4) is 0 Å². The first kappa shape index (κ1) is 22.7. The summed E-state index contributed by atoms with van der Waals surface area (Å²) in [5.41, 5.74) is 3.53. The molecule has 166 valence electrons. The average molecular weight is 471 g/mol. The molecule has 0 aromatic heterocycles. The summed E-state index contributed by atoms with van der Waals surface area (Å²) in [5.74, 6) is 1.91. The second-order valence-electron chi connectivity index (χ2n) is 7.29. The second-order valence-corrected chi connectivity index (χ2v) is 7.83. The zero-order chi connectivity index (χ0) is 22.5. The molecule has 0 unspecified atom stereocenters. The van der Waals surface area contributed by atoms with Gasteiger partial charge in [-0.05, 0) is 33.7 Å². The van der Waals surface area contributed by atoms with Crippen LogP contribution in [0, 0.1) is 0 Å². The number of alkyl halides is 2. The van der Waals surface area contributed by atoms with Crippen LogP contribution in [0.15, 0.2) is 60.7 Å². The summed E-state index contributed by atoms with van der Waals surface area (Å²) in [6, 6.07) is 20.4. The third kappa shape index (κ3) is 4.24. The van der Waals surface area contributed by atoms with Gasteiger partial charge in [0.05, 0.1) is 11.8 Å². The molecule has 0 bridgehead atoms. The van der Waals surface area contributed by atoms with E-state index < -0.39 is 0 Å². The van der Waals surface area contributed by atoms with E-state index in [9.17, 15) is 0 Å². The molecule has 0 spiro atoms. The minimum absolute atomic E-state index is 0.0939. The fourth-order valence-corrected chi connectivity index (χ4v) is 4.43. The Bertz CT molecular complexity index is 1140. The van der Waals surface area contributed by atoms with Crippen molar-refractivity contribution in [3.63, 3.8) is 0 Å². The molecule has 4 nitrogen and oxygen atoms in total. The van der Waals surface area contributed by atoms with Gasteiger partial charge in [-0.25, -0.2) is 0 Å². The van der Waals surface area contributed by atoms with Crippen molar-refractivity contribution in [1.29, 1.82) is 0 Å². The Morgan fingerprint density at radius 2 is 1.03 bits per heavy atom. The van der Waals surface area contributed by atoms with Gasteiger partial charge < -0.3 is 18.9 Å². The van der Waals surface area contributed by atoms with Crippen molar-refractivity contribution >= 4 is 44.7 Å². The highest BCUT2D eigenvalue weighted by atomic mass is 35.5. The number of methoxy groups -OCH3 is 2. The van der Waals surface area contributed by atoms with Gasteiger partial charge in [-0.2, -0.15) is 0 Å². The Balaban J connectivity index is 2.19. The number of fused-ring (bicyclic) bond motifs is 2. The molecule has 0 radical (unpaired) electrons. The molecule has 4 aromatic rings. The van der Waals surface area contributed by atoms with Gasteiger partial charge in [-0.15, -0.1) is 23.2 Å². The maximum absolute atomic E-state index is 6.38. The van der Waals surface area contributed by atoms with Crippen molar-refractivity contribution in [2.45, 2.75) is 11.8 Å². The lowest BCUT2D eigenvalue weighted by molar-refractivity contribution is 0.0496. The first-order valence-electron chi connectivity index (χ1n) is 10.2. The van der Waals surface area contributed by atoms with Crippen LogP contribution in [0.4, 0.5) is 0 Å². The molecule has 0 fully saturated rings. The smallest absolute Gasteiger partial charge is 0.188 e. The second kappa shape index (κ2) is 10.4. The van der Waals surface area contributed by atoms with E-state index in [-0.39, 0.29) is 25.3 Å². The summed E-state index contributed by atoms with van der Waals surface area (Å²) in [4.78, 5) is 0. The van der Waals surface area contributed by atoms with E-state index in [0.29, 0.717) is 11.5 Å². The molecule has 0 saturated heterocycles. The maximum atomic E-state index is 6.38. The fraction of sp³-hybridized carbons (Fsp3) is 0.231. The summed E-state index contributed by atoms with van der Waals surface area (Å²) in [5, 5.41) is 4.15. The van der Waals surface area contributed by atoms with Crippen LogP contribution in [-0.4, -0.2) is 27.8 Å². The highest BCUT2D eigenvalue weighted by Gasteiger charge is 2.24. The van der Waals surface area contributed by atoms with Crippen molar-refractivity contribution in [1.82, 2.24) is 0 Å². The summed E-state index contributed by atoms with van der Waals surface area (Å²) < 4.78 is 22.7. The van der Waals surface area contributed by atoms with Crippen LogP contribution >= 0.6 is 23.2 Å². The van der Waals surface area contributed by atoms with Gasteiger partial charge in [0.25, 0.3) is 0 Å².